The van der Waals surface area contributed by atoms with Crippen molar-refractivity contribution in [1.29, 1.82) is 0 Å². The molecule has 1 aromatic rings. The first-order valence-corrected chi connectivity index (χ1v) is 11.2. The van der Waals surface area contributed by atoms with E-state index in [1.165, 1.54) is 4.31 Å². The van der Waals surface area contributed by atoms with Crippen LogP contribution in [0.2, 0.25) is 0 Å². The maximum atomic E-state index is 12.9. The van der Waals surface area contributed by atoms with Crippen LogP contribution < -0.4 is 4.31 Å². The van der Waals surface area contributed by atoms with Crippen LogP contribution >= 0.6 is 0 Å². The van der Waals surface area contributed by atoms with Crippen LogP contribution in [0.3, 0.4) is 0 Å². The number of hydrogen-bond donors (Lipinski definition) is 0. The summed E-state index contributed by atoms with van der Waals surface area (Å²) in [6.07, 6.45) is 2.99. The van der Waals surface area contributed by atoms with E-state index in [0.29, 0.717) is 45.7 Å². The number of anilines is 1. The second-order valence-electron chi connectivity index (χ2n) is 7.36. The Balaban J connectivity index is 1.35. The fourth-order valence-corrected chi connectivity index (χ4v) is 5.69. The Morgan fingerprint density at radius 3 is 2.52 bits per heavy atom. The highest BCUT2D eigenvalue weighted by Crippen LogP contribution is 2.32. The third-order valence-corrected chi connectivity index (χ3v) is 7.44. The molecular weight excluding hydrogens is 368 g/mol. The van der Waals surface area contributed by atoms with E-state index in [9.17, 15) is 13.2 Å². The van der Waals surface area contributed by atoms with Gasteiger partial charge in [0.2, 0.25) is 15.9 Å². The number of carbonyl (C=O) groups is 1. The lowest BCUT2D eigenvalue weighted by atomic mass is 10.0. The first kappa shape index (κ1) is 18.7. The third-order valence-electron chi connectivity index (χ3n) is 5.67. The molecule has 0 bridgehead atoms. The quantitative estimate of drug-likeness (QED) is 0.774. The molecule has 1 amide bonds. The van der Waals surface area contributed by atoms with Gasteiger partial charge < -0.3 is 14.4 Å². The Labute approximate surface area is 160 Å². The number of hydrogen-bond acceptors (Lipinski definition) is 5. The Bertz CT molecular complexity index is 794. The molecule has 2 saturated heterocycles. The number of para-hydroxylation sites is 1. The van der Waals surface area contributed by atoms with Crippen molar-refractivity contribution in [2.75, 3.05) is 42.9 Å². The van der Waals surface area contributed by atoms with E-state index in [1.807, 2.05) is 24.3 Å². The summed E-state index contributed by atoms with van der Waals surface area (Å²) in [4.78, 5) is 14.3. The van der Waals surface area contributed by atoms with Crippen molar-refractivity contribution < 1.29 is 22.7 Å². The summed E-state index contributed by atoms with van der Waals surface area (Å²) in [6, 6.07) is 7.60. The molecule has 148 valence electrons. The van der Waals surface area contributed by atoms with E-state index in [-0.39, 0.29) is 18.1 Å². The van der Waals surface area contributed by atoms with Crippen molar-refractivity contribution in [3.8, 4) is 0 Å². The van der Waals surface area contributed by atoms with Gasteiger partial charge in [-0.2, -0.15) is 0 Å². The van der Waals surface area contributed by atoms with Crippen LogP contribution in [0.1, 0.15) is 31.2 Å². The normalized spacial score (nSPS) is 22.1. The monoisotopic (exact) mass is 394 g/mol. The molecule has 2 fully saturated rings. The molecule has 3 aliphatic heterocycles. The van der Waals surface area contributed by atoms with E-state index in [0.717, 1.165) is 24.1 Å². The summed E-state index contributed by atoms with van der Waals surface area (Å²) in [6.45, 7) is 2.78. The predicted octanol–water partition coefficient (Wildman–Crippen LogP) is 1.52. The zero-order chi connectivity index (χ0) is 18.9. The number of ether oxygens (including phenoxy) is 2. The van der Waals surface area contributed by atoms with Crippen LogP contribution in [0.5, 0.6) is 0 Å². The lowest BCUT2D eigenvalue weighted by molar-refractivity contribution is -0.187. The fourth-order valence-electron chi connectivity index (χ4n) is 4.16. The number of rotatable bonds is 4. The number of sulfonamides is 1. The van der Waals surface area contributed by atoms with E-state index in [1.54, 1.807) is 4.90 Å². The van der Waals surface area contributed by atoms with Gasteiger partial charge in [-0.15, -0.1) is 0 Å². The van der Waals surface area contributed by atoms with E-state index < -0.39 is 15.8 Å². The summed E-state index contributed by atoms with van der Waals surface area (Å²) >= 11 is 0. The molecule has 0 aromatic heterocycles. The number of carbonyl (C=O) groups excluding carboxylic acids is 1. The molecule has 3 aliphatic rings. The minimum absolute atomic E-state index is 0.00964. The summed E-state index contributed by atoms with van der Waals surface area (Å²) in [5, 5.41) is 0. The van der Waals surface area contributed by atoms with Crippen LogP contribution in [0.4, 0.5) is 5.69 Å². The van der Waals surface area contributed by atoms with Crippen molar-refractivity contribution >= 4 is 21.6 Å². The van der Waals surface area contributed by atoms with E-state index in [4.69, 9.17) is 9.47 Å². The van der Waals surface area contributed by atoms with Gasteiger partial charge >= 0.3 is 0 Å². The van der Waals surface area contributed by atoms with Crippen LogP contribution in [0.15, 0.2) is 24.3 Å². The predicted molar refractivity (Wildman–Crippen MR) is 101 cm³/mol. The second kappa shape index (κ2) is 7.41. The number of fused-ring (bicyclic) bond motifs is 1. The Morgan fingerprint density at radius 2 is 1.78 bits per heavy atom. The molecule has 1 spiro atoms. The average molecular weight is 394 g/mol. The van der Waals surface area contributed by atoms with Gasteiger partial charge in [0.1, 0.15) is 0 Å². The van der Waals surface area contributed by atoms with Gasteiger partial charge in [-0.05, 0) is 24.5 Å². The Morgan fingerprint density at radius 1 is 1.07 bits per heavy atom. The van der Waals surface area contributed by atoms with Crippen molar-refractivity contribution in [2.24, 2.45) is 0 Å². The van der Waals surface area contributed by atoms with Gasteiger partial charge in [0, 0.05) is 38.9 Å². The minimum Gasteiger partial charge on any atom is -0.347 e. The van der Waals surface area contributed by atoms with Crippen molar-refractivity contribution in [1.82, 2.24) is 4.90 Å². The smallest absolute Gasteiger partial charge is 0.235 e. The first-order valence-electron chi connectivity index (χ1n) is 9.63. The molecule has 27 heavy (non-hydrogen) atoms. The maximum absolute atomic E-state index is 12.9. The number of benzene rings is 1. The molecule has 0 saturated carbocycles. The number of nitrogens with zero attached hydrogens (tertiary/aromatic N) is 2. The second-order valence-corrected chi connectivity index (χ2v) is 9.37. The maximum Gasteiger partial charge on any atom is 0.235 e. The molecule has 8 heteroatoms. The lowest BCUT2D eigenvalue weighted by Crippen LogP contribution is -2.47. The molecule has 3 heterocycles. The largest absolute Gasteiger partial charge is 0.347 e. The van der Waals surface area contributed by atoms with Gasteiger partial charge in [-0.25, -0.2) is 8.42 Å². The molecule has 0 unspecified atom stereocenters. The highest BCUT2D eigenvalue weighted by atomic mass is 32.2. The standard InChI is InChI=1S/C19H26N2O5S/c22-18(20-11-8-19(9-12-20)25-13-14-26-19)7-15-27(23,24)21-10-3-5-16-4-1-2-6-17(16)21/h1-2,4,6H,3,5,7-15H2. The third kappa shape index (κ3) is 3.83. The lowest BCUT2D eigenvalue weighted by Gasteiger charge is -2.37. The minimum atomic E-state index is -3.52. The zero-order valence-electron chi connectivity index (χ0n) is 15.4. The van der Waals surface area contributed by atoms with Gasteiger partial charge in [0.05, 0.1) is 24.7 Å². The molecule has 0 atom stereocenters. The van der Waals surface area contributed by atoms with Crippen LogP contribution in [-0.2, 0) is 30.7 Å². The van der Waals surface area contributed by atoms with Gasteiger partial charge in [0.25, 0.3) is 0 Å². The summed E-state index contributed by atoms with van der Waals surface area (Å²) < 4.78 is 38.5. The Kier molecular flexibility index (Phi) is 5.13. The molecular formula is C19H26N2O5S. The van der Waals surface area contributed by atoms with Crippen molar-refractivity contribution in [3.63, 3.8) is 0 Å². The SMILES string of the molecule is O=C(CCS(=O)(=O)N1CCCc2ccccc21)N1CCC2(CC1)OCCO2. The van der Waals surface area contributed by atoms with E-state index >= 15 is 0 Å². The highest BCUT2D eigenvalue weighted by molar-refractivity contribution is 7.92. The van der Waals surface area contributed by atoms with Crippen molar-refractivity contribution in [3.05, 3.63) is 29.8 Å². The highest BCUT2D eigenvalue weighted by Gasteiger charge is 2.41. The van der Waals surface area contributed by atoms with Crippen LogP contribution in [-0.4, -0.2) is 63.6 Å². The van der Waals surface area contributed by atoms with E-state index in [2.05, 4.69) is 0 Å². The summed E-state index contributed by atoms with van der Waals surface area (Å²) in [5.41, 5.74) is 1.81. The molecule has 0 aliphatic carbocycles. The molecule has 1 aromatic carbocycles. The number of piperidine rings is 1. The zero-order valence-corrected chi connectivity index (χ0v) is 16.2. The Hall–Kier alpha value is -1.64. The molecule has 4 rings (SSSR count). The molecule has 7 nitrogen and oxygen atoms in total. The van der Waals surface area contributed by atoms with Crippen molar-refractivity contribution in [2.45, 2.75) is 37.9 Å². The summed E-state index contributed by atoms with van der Waals surface area (Å²) in [7, 11) is -3.52. The molecule has 0 N–H and O–H groups in total. The first-order chi connectivity index (χ1) is 13.0. The topological polar surface area (TPSA) is 76.2 Å². The van der Waals surface area contributed by atoms with Crippen LogP contribution in [0.25, 0.3) is 0 Å². The van der Waals surface area contributed by atoms with Gasteiger partial charge in [0.15, 0.2) is 5.79 Å². The number of aryl methyl sites for hydroxylation is 1. The summed E-state index contributed by atoms with van der Waals surface area (Å²) in [5.74, 6) is -0.799. The fraction of sp³-hybridized carbons (Fsp3) is 0.632. The van der Waals surface area contributed by atoms with Gasteiger partial charge in [-0.3, -0.25) is 9.10 Å². The average Bonchev–Trinajstić information content (AvgIpc) is 3.14. The molecule has 0 radical (unpaired) electrons. The number of amides is 1. The number of likely N-dealkylation sites (tertiary alicyclic amines) is 1. The van der Waals surface area contributed by atoms with Gasteiger partial charge in [-0.1, -0.05) is 18.2 Å². The van der Waals surface area contributed by atoms with Crippen LogP contribution in [0, 0.1) is 0 Å².